The van der Waals surface area contributed by atoms with Crippen LogP contribution in [-0.4, -0.2) is 5.78 Å². The number of hydrogen-bond donors (Lipinski definition) is 1. The number of carbonyl (C=O) groups is 1. The molecule has 20 heavy (non-hydrogen) atoms. The van der Waals surface area contributed by atoms with Crippen LogP contribution in [0.15, 0.2) is 48.5 Å². The van der Waals surface area contributed by atoms with Gasteiger partial charge in [-0.1, -0.05) is 30.7 Å². The van der Waals surface area contributed by atoms with Crippen molar-refractivity contribution in [2.24, 2.45) is 0 Å². The quantitative estimate of drug-likeness (QED) is 0.775. The molecule has 104 valence electrons. The fourth-order valence-corrected chi connectivity index (χ4v) is 2.26. The molecule has 0 fully saturated rings. The number of anilines is 1. The molecule has 0 aliphatic carbocycles. The second kappa shape index (κ2) is 6.58. The molecule has 0 heterocycles. The summed E-state index contributed by atoms with van der Waals surface area (Å²) in [5.74, 6) is 0.166. The highest BCUT2D eigenvalue weighted by Crippen LogP contribution is 2.22. The van der Waals surface area contributed by atoms with Gasteiger partial charge in [0.1, 0.15) is 0 Å². The Balaban J connectivity index is 2.08. The largest absolute Gasteiger partial charge is 0.379 e. The van der Waals surface area contributed by atoms with Gasteiger partial charge in [0, 0.05) is 28.7 Å². The van der Waals surface area contributed by atoms with Crippen LogP contribution < -0.4 is 5.32 Å². The summed E-state index contributed by atoms with van der Waals surface area (Å²) in [5.41, 5.74) is 2.88. The van der Waals surface area contributed by atoms with Crippen LogP contribution >= 0.6 is 11.6 Å². The predicted octanol–water partition coefficient (Wildman–Crippen LogP) is 5.11. The Morgan fingerprint density at radius 1 is 1.20 bits per heavy atom. The summed E-state index contributed by atoms with van der Waals surface area (Å²) >= 11 is 6.00. The molecular formula is C17H18ClNO. The smallest absolute Gasteiger partial charge is 0.162 e. The SMILES string of the molecule is CCC(=O)c1ccc(NC(C)c2cccc(Cl)c2)cc1. The highest BCUT2D eigenvalue weighted by Gasteiger charge is 2.07. The van der Waals surface area contributed by atoms with Gasteiger partial charge in [0.25, 0.3) is 0 Å². The fourth-order valence-electron chi connectivity index (χ4n) is 2.07. The normalized spacial score (nSPS) is 11.9. The van der Waals surface area contributed by atoms with Crippen molar-refractivity contribution in [2.75, 3.05) is 5.32 Å². The molecule has 2 aromatic rings. The molecule has 0 aliphatic rings. The van der Waals surface area contributed by atoms with Crippen LogP contribution in [0.5, 0.6) is 0 Å². The Morgan fingerprint density at radius 3 is 2.50 bits per heavy atom. The first-order valence-electron chi connectivity index (χ1n) is 6.75. The first-order valence-corrected chi connectivity index (χ1v) is 7.13. The Bertz CT molecular complexity index is 592. The van der Waals surface area contributed by atoms with Crippen LogP contribution in [0.25, 0.3) is 0 Å². The number of hydrogen-bond acceptors (Lipinski definition) is 2. The molecule has 0 amide bonds. The second-order valence-electron chi connectivity index (χ2n) is 4.78. The minimum atomic E-state index is 0.154. The van der Waals surface area contributed by atoms with Crippen LogP contribution in [0.2, 0.25) is 5.02 Å². The standard InChI is InChI=1S/C17H18ClNO/c1-3-17(20)13-7-9-16(10-8-13)19-12(2)14-5-4-6-15(18)11-14/h4-12,19H,3H2,1-2H3. The van der Waals surface area contributed by atoms with E-state index in [0.29, 0.717) is 6.42 Å². The summed E-state index contributed by atoms with van der Waals surface area (Å²) in [4.78, 5) is 11.6. The fraction of sp³-hybridized carbons (Fsp3) is 0.235. The Labute approximate surface area is 124 Å². The minimum Gasteiger partial charge on any atom is -0.379 e. The summed E-state index contributed by atoms with van der Waals surface area (Å²) in [6.07, 6.45) is 0.533. The Kier molecular flexibility index (Phi) is 4.80. The van der Waals surface area contributed by atoms with Crippen molar-refractivity contribution in [3.63, 3.8) is 0 Å². The lowest BCUT2D eigenvalue weighted by Crippen LogP contribution is -2.06. The van der Waals surface area contributed by atoms with Crippen molar-refractivity contribution in [3.8, 4) is 0 Å². The van der Waals surface area contributed by atoms with Crippen molar-refractivity contribution in [1.29, 1.82) is 0 Å². The zero-order valence-electron chi connectivity index (χ0n) is 11.7. The molecule has 0 saturated carbocycles. The van der Waals surface area contributed by atoms with Crippen molar-refractivity contribution in [3.05, 3.63) is 64.7 Å². The number of benzene rings is 2. The molecule has 3 heteroatoms. The van der Waals surface area contributed by atoms with Gasteiger partial charge in [-0.3, -0.25) is 4.79 Å². The first-order chi connectivity index (χ1) is 9.60. The average molecular weight is 288 g/mol. The van der Waals surface area contributed by atoms with Gasteiger partial charge < -0.3 is 5.32 Å². The third kappa shape index (κ3) is 3.61. The number of halogens is 1. The summed E-state index contributed by atoms with van der Waals surface area (Å²) in [7, 11) is 0. The van der Waals surface area contributed by atoms with Gasteiger partial charge in [-0.15, -0.1) is 0 Å². The van der Waals surface area contributed by atoms with E-state index >= 15 is 0 Å². The van der Waals surface area contributed by atoms with E-state index in [1.165, 1.54) is 0 Å². The number of rotatable bonds is 5. The van der Waals surface area contributed by atoms with Crippen LogP contribution in [-0.2, 0) is 0 Å². The van der Waals surface area contributed by atoms with E-state index in [0.717, 1.165) is 21.8 Å². The molecule has 0 radical (unpaired) electrons. The van der Waals surface area contributed by atoms with Crippen LogP contribution in [0.4, 0.5) is 5.69 Å². The maximum Gasteiger partial charge on any atom is 0.162 e. The zero-order valence-corrected chi connectivity index (χ0v) is 12.4. The average Bonchev–Trinajstić information content (AvgIpc) is 2.47. The van der Waals surface area contributed by atoms with E-state index in [4.69, 9.17) is 11.6 Å². The summed E-state index contributed by atoms with van der Waals surface area (Å²) < 4.78 is 0. The monoisotopic (exact) mass is 287 g/mol. The van der Waals surface area contributed by atoms with E-state index < -0.39 is 0 Å². The molecule has 0 aliphatic heterocycles. The van der Waals surface area contributed by atoms with E-state index in [1.54, 1.807) is 0 Å². The van der Waals surface area contributed by atoms with E-state index in [2.05, 4.69) is 12.2 Å². The summed E-state index contributed by atoms with van der Waals surface area (Å²) in [6.45, 7) is 3.95. The lowest BCUT2D eigenvalue weighted by Gasteiger charge is -2.16. The zero-order chi connectivity index (χ0) is 14.5. The van der Waals surface area contributed by atoms with Gasteiger partial charge in [0.05, 0.1) is 0 Å². The molecule has 0 spiro atoms. The minimum absolute atomic E-state index is 0.154. The van der Waals surface area contributed by atoms with Crippen molar-refractivity contribution in [2.45, 2.75) is 26.3 Å². The third-order valence-electron chi connectivity index (χ3n) is 3.26. The van der Waals surface area contributed by atoms with Crippen molar-refractivity contribution < 1.29 is 4.79 Å². The maximum atomic E-state index is 11.6. The van der Waals surface area contributed by atoms with E-state index in [-0.39, 0.29) is 11.8 Å². The third-order valence-corrected chi connectivity index (χ3v) is 3.49. The van der Waals surface area contributed by atoms with E-state index in [9.17, 15) is 4.79 Å². The van der Waals surface area contributed by atoms with Crippen molar-refractivity contribution in [1.82, 2.24) is 0 Å². The molecular weight excluding hydrogens is 270 g/mol. The van der Waals surface area contributed by atoms with Gasteiger partial charge in [-0.25, -0.2) is 0 Å². The molecule has 0 aromatic heterocycles. The van der Waals surface area contributed by atoms with E-state index in [1.807, 2.05) is 55.5 Å². The lowest BCUT2D eigenvalue weighted by atomic mass is 10.1. The van der Waals surface area contributed by atoms with Gasteiger partial charge in [0.2, 0.25) is 0 Å². The second-order valence-corrected chi connectivity index (χ2v) is 5.21. The first kappa shape index (κ1) is 14.6. The number of carbonyl (C=O) groups excluding carboxylic acids is 1. The van der Waals surface area contributed by atoms with Gasteiger partial charge in [0.15, 0.2) is 5.78 Å². The molecule has 1 N–H and O–H groups in total. The Hall–Kier alpha value is -1.80. The number of ketones is 1. The predicted molar refractivity (Wildman–Crippen MR) is 84.6 cm³/mol. The Morgan fingerprint density at radius 2 is 1.90 bits per heavy atom. The topological polar surface area (TPSA) is 29.1 Å². The molecule has 0 saturated heterocycles. The molecule has 1 unspecified atom stereocenters. The van der Waals surface area contributed by atoms with Crippen molar-refractivity contribution >= 4 is 23.1 Å². The highest BCUT2D eigenvalue weighted by atomic mass is 35.5. The lowest BCUT2D eigenvalue weighted by molar-refractivity contribution is 0.0988. The van der Waals surface area contributed by atoms with Gasteiger partial charge in [-0.05, 0) is 48.9 Å². The molecule has 2 nitrogen and oxygen atoms in total. The molecule has 1 atom stereocenters. The maximum absolute atomic E-state index is 11.6. The molecule has 2 aromatic carbocycles. The number of Topliss-reactive ketones (excluding diaryl/α,β-unsaturated/α-hetero) is 1. The molecule has 0 bridgehead atoms. The van der Waals surface area contributed by atoms with Gasteiger partial charge >= 0.3 is 0 Å². The van der Waals surface area contributed by atoms with Gasteiger partial charge in [-0.2, -0.15) is 0 Å². The number of nitrogens with one attached hydrogen (secondary N) is 1. The van der Waals surface area contributed by atoms with Crippen LogP contribution in [0.3, 0.4) is 0 Å². The van der Waals surface area contributed by atoms with Crippen LogP contribution in [0.1, 0.15) is 42.2 Å². The molecule has 2 rings (SSSR count). The summed E-state index contributed by atoms with van der Waals surface area (Å²) in [6, 6.07) is 15.5. The van der Waals surface area contributed by atoms with Crippen LogP contribution in [0, 0.1) is 0 Å². The summed E-state index contributed by atoms with van der Waals surface area (Å²) in [5, 5.41) is 4.14. The highest BCUT2D eigenvalue weighted by molar-refractivity contribution is 6.30.